The average Bonchev–Trinajstić information content (AvgIpc) is 2.64. The van der Waals surface area contributed by atoms with Gasteiger partial charge in [0.1, 0.15) is 23.2 Å². The first-order valence-corrected chi connectivity index (χ1v) is 9.19. The first kappa shape index (κ1) is 17.8. The molecule has 0 fully saturated rings. The molecule has 2 aromatic rings. The van der Waals surface area contributed by atoms with E-state index in [1.165, 1.54) is 5.56 Å². The molecular weight excluding hydrogens is 344 g/mol. The van der Waals surface area contributed by atoms with E-state index >= 15 is 0 Å². The van der Waals surface area contributed by atoms with Crippen molar-refractivity contribution in [3.63, 3.8) is 0 Å². The Balaban J connectivity index is 1.60. The van der Waals surface area contributed by atoms with E-state index < -0.39 is 11.7 Å². The number of benzene rings is 2. The van der Waals surface area contributed by atoms with Gasteiger partial charge in [0.2, 0.25) is 0 Å². The Hall–Kier alpha value is -2.57. The van der Waals surface area contributed by atoms with Gasteiger partial charge >= 0.3 is 0 Å². The number of hydrogen-bond donors (Lipinski definition) is 3. The average molecular weight is 368 g/mol. The van der Waals surface area contributed by atoms with Crippen molar-refractivity contribution in [2.45, 2.75) is 38.0 Å². The molecule has 0 spiro atoms. The van der Waals surface area contributed by atoms with Gasteiger partial charge in [-0.05, 0) is 38.4 Å². The lowest BCUT2D eigenvalue weighted by atomic mass is 9.86. The highest BCUT2D eigenvalue weighted by atomic mass is 16.5. The van der Waals surface area contributed by atoms with E-state index in [0.29, 0.717) is 23.7 Å². The Morgan fingerprint density at radius 3 is 2.78 bits per heavy atom. The second-order valence-corrected chi connectivity index (χ2v) is 7.54. The molecule has 6 nitrogen and oxygen atoms in total. The minimum Gasteiger partial charge on any atom is -0.485 e. The van der Waals surface area contributed by atoms with Crippen molar-refractivity contribution in [2.75, 3.05) is 18.5 Å². The minimum atomic E-state index is -0.746. The fraction of sp³-hybridized carbons (Fsp3) is 0.381. The number of hydrogen-bond acceptors (Lipinski definition) is 5. The van der Waals surface area contributed by atoms with E-state index in [-0.39, 0.29) is 18.6 Å². The zero-order valence-electron chi connectivity index (χ0n) is 15.5. The molecule has 2 aliphatic heterocycles. The normalized spacial score (nSPS) is 22.7. The van der Waals surface area contributed by atoms with Gasteiger partial charge in [0.25, 0.3) is 5.91 Å². The number of carbonyl (C=O) groups excluding carboxylic acids is 1. The van der Waals surface area contributed by atoms with Gasteiger partial charge < -0.3 is 25.2 Å². The summed E-state index contributed by atoms with van der Waals surface area (Å²) in [7, 11) is 0. The van der Waals surface area contributed by atoms with Crippen LogP contribution in [0.25, 0.3) is 0 Å². The summed E-state index contributed by atoms with van der Waals surface area (Å²) < 4.78 is 11.5. The van der Waals surface area contributed by atoms with Gasteiger partial charge in [-0.1, -0.05) is 30.3 Å². The predicted molar refractivity (Wildman–Crippen MR) is 102 cm³/mol. The van der Waals surface area contributed by atoms with Crippen LogP contribution in [0.3, 0.4) is 0 Å². The van der Waals surface area contributed by atoms with Gasteiger partial charge in [-0.2, -0.15) is 0 Å². The zero-order chi connectivity index (χ0) is 19.0. The summed E-state index contributed by atoms with van der Waals surface area (Å²) in [6.07, 6.45) is 0.116. The van der Waals surface area contributed by atoms with E-state index in [0.717, 1.165) is 12.0 Å². The van der Waals surface area contributed by atoms with Crippen LogP contribution in [0, 0.1) is 0 Å². The lowest BCUT2D eigenvalue weighted by molar-refractivity contribution is -0.118. The van der Waals surface area contributed by atoms with Crippen LogP contribution in [0.1, 0.15) is 31.0 Å². The van der Waals surface area contributed by atoms with Gasteiger partial charge in [-0.3, -0.25) is 4.79 Å². The van der Waals surface area contributed by atoms with Crippen molar-refractivity contribution in [1.29, 1.82) is 0 Å². The summed E-state index contributed by atoms with van der Waals surface area (Å²) in [6, 6.07) is 13.5. The van der Waals surface area contributed by atoms with Crippen molar-refractivity contribution in [3.8, 4) is 11.5 Å². The lowest BCUT2D eigenvalue weighted by Gasteiger charge is -2.43. The molecule has 2 aromatic carbocycles. The molecular formula is C21H24N2O4. The molecule has 0 aliphatic carbocycles. The Morgan fingerprint density at radius 1 is 1.22 bits per heavy atom. The first-order chi connectivity index (χ1) is 12.9. The number of rotatable bonds is 4. The van der Waals surface area contributed by atoms with E-state index in [2.05, 4.69) is 22.8 Å². The van der Waals surface area contributed by atoms with Crippen molar-refractivity contribution >= 4 is 11.6 Å². The van der Waals surface area contributed by atoms with Crippen LogP contribution in [0.4, 0.5) is 5.69 Å². The molecule has 3 N–H and O–H groups in total. The maximum atomic E-state index is 11.6. The second-order valence-electron chi connectivity index (χ2n) is 7.54. The first-order valence-electron chi connectivity index (χ1n) is 9.19. The second kappa shape index (κ2) is 6.87. The number of aliphatic hydroxyl groups excluding tert-OH is 1. The molecule has 0 saturated carbocycles. The highest BCUT2D eigenvalue weighted by Gasteiger charge is 2.43. The van der Waals surface area contributed by atoms with Crippen LogP contribution in [0.5, 0.6) is 11.5 Å². The largest absolute Gasteiger partial charge is 0.485 e. The van der Waals surface area contributed by atoms with Crippen LogP contribution in [0.2, 0.25) is 0 Å². The van der Waals surface area contributed by atoms with Crippen LogP contribution in [-0.4, -0.2) is 35.9 Å². The van der Waals surface area contributed by atoms with Gasteiger partial charge in [-0.25, -0.2) is 0 Å². The monoisotopic (exact) mass is 368 g/mol. The minimum absolute atomic E-state index is 0.00341. The van der Waals surface area contributed by atoms with E-state index in [9.17, 15) is 9.90 Å². The SMILES string of the molecule is CC1(C)Oc2cc3c(cc2[C@@H](NCCc2ccccc2)[C@@H]1O)NC(=O)CO3. The Bertz CT molecular complexity index is 851. The summed E-state index contributed by atoms with van der Waals surface area (Å²) in [5.41, 5.74) is 1.91. The molecule has 0 radical (unpaired) electrons. The van der Waals surface area contributed by atoms with Gasteiger partial charge in [0.15, 0.2) is 6.61 Å². The standard InChI is InChI=1S/C21H24N2O4/c1-21(2)20(25)19(22-9-8-13-6-4-3-5-7-13)14-10-15-17(11-16(14)27-21)26-12-18(24)23-15/h3-7,10-11,19-20,22,25H,8-9,12H2,1-2H3,(H,23,24)/t19-,20+/m1/s1. The lowest BCUT2D eigenvalue weighted by Crippen LogP contribution is -2.52. The van der Waals surface area contributed by atoms with Gasteiger partial charge in [0.05, 0.1) is 11.7 Å². The molecule has 27 heavy (non-hydrogen) atoms. The Kier molecular flexibility index (Phi) is 4.53. The highest BCUT2D eigenvalue weighted by Crippen LogP contribution is 2.45. The highest BCUT2D eigenvalue weighted by molar-refractivity contribution is 5.95. The van der Waals surface area contributed by atoms with Crippen LogP contribution < -0.4 is 20.1 Å². The molecule has 0 saturated heterocycles. The van der Waals surface area contributed by atoms with E-state index in [1.54, 1.807) is 6.07 Å². The number of anilines is 1. The maximum Gasteiger partial charge on any atom is 0.262 e. The third kappa shape index (κ3) is 3.50. The van der Waals surface area contributed by atoms with Crippen molar-refractivity contribution in [2.24, 2.45) is 0 Å². The van der Waals surface area contributed by atoms with E-state index in [1.807, 2.05) is 38.1 Å². The number of carbonyl (C=O) groups is 1. The summed E-state index contributed by atoms with van der Waals surface area (Å²) >= 11 is 0. The predicted octanol–water partition coefficient (Wildman–Crippen LogP) is 2.42. The number of amides is 1. The number of ether oxygens (including phenoxy) is 2. The van der Waals surface area contributed by atoms with Crippen molar-refractivity contribution in [1.82, 2.24) is 5.32 Å². The molecule has 2 heterocycles. The van der Waals surface area contributed by atoms with E-state index in [4.69, 9.17) is 9.47 Å². The van der Waals surface area contributed by atoms with Crippen molar-refractivity contribution < 1.29 is 19.4 Å². The molecule has 6 heteroatoms. The molecule has 4 rings (SSSR count). The van der Waals surface area contributed by atoms with Crippen LogP contribution in [-0.2, 0) is 11.2 Å². The summed E-state index contributed by atoms with van der Waals surface area (Å²) in [6.45, 7) is 4.45. The fourth-order valence-corrected chi connectivity index (χ4v) is 3.61. The maximum absolute atomic E-state index is 11.6. The zero-order valence-corrected chi connectivity index (χ0v) is 15.5. The molecule has 2 aliphatic rings. The molecule has 0 unspecified atom stereocenters. The smallest absolute Gasteiger partial charge is 0.262 e. The fourth-order valence-electron chi connectivity index (χ4n) is 3.61. The summed E-state index contributed by atoms with van der Waals surface area (Å²) in [4.78, 5) is 11.6. The topological polar surface area (TPSA) is 79.8 Å². The molecule has 0 bridgehead atoms. The summed E-state index contributed by atoms with van der Waals surface area (Å²) in [5.74, 6) is 1.06. The third-order valence-electron chi connectivity index (χ3n) is 5.10. The number of fused-ring (bicyclic) bond motifs is 2. The number of aliphatic hydroxyl groups is 1. The quantitative estimate of drug-likeness (QED) is 0.772. The van der Waals surface area contributed by atoms with Crippen LogP contribution >= 0.6 is 0 Å². The molecule has 2 atom stereocenters. The Morgan fingerprint density at radius 2 is 2.00 bits per heavy atom. The number of nitrogens with one attached hydrogen (secondary N) is 2. The van der Waals surface area contributed by atoms with Gasteiger partial charge in [0, 0.05) is 11.6 Å². The van der Waals surface area contributed by atoms with Crippen molar-refractivity contribution in [3.05, 3.63) is 53.6 Å². The third-order valence-corrected chi connectivity index (χ3v) is 5.10. The molecule has 1 amide bonds. The summed E-state index contributed by atoms with van der Waals surface area (Å²) in [5, 5.41) is 17.2. The van der Waals surface area contributed by atoms with Gasteiger partial charge in [-0.15, -0.1) is 0 Å². The van der Waals surface area contributed by atoms with Crippen LogP contribution in [0.15, 0.2) is 42.5 Å². The Labute approximate surface area is 158 Å². The molecule has 142 valence electrons. The molecule has 0 aromatic heterocycles.